The van der Waals surface area contributed by atoms with E-state index in [-0.39, 0.29) is 5.41 Å². The van der Waals surface area contributed by atoms with Crippen molar-refractivity contribution in [2.45, 2.75) is 84.2 Å². The van der Waals surface area contributed by atoms with E-state index in [9.17, 15) is 5.11 Å². The lowest BCUT2D eigenvalue weighted by atomic mass is 9.44. The number of rotatable bonds is 0. The van der Waals surface area contributed by atoms with Gasteiger partial charge in [0.25, 0.3) is 0 Å². The first kappa shape index (κ1) is 15.9. The van der Waals surface area contributed by atoms with Crippen LogP contribution in [0.15, 0.2) is 5.16 Å². The van der Waals surface area contributed by atoms with Crippen LogP contribution in [0.3, 0.4) is 0 Å². The minimum atomic E-state index is -0.432. The topological polar surface area (TPSA) is 55.5 Å². The highest BCUT2D eigenvalue weighted by molar-refractivity contribution is 5.91. The van der Waals surface area contributed by atoms with Gasteiger partial charge in [0.15, 0.2) is 0 Å². The Balaban J connectivity index is 1.63. The number of hydrogen-bond acceptors (Lipinski definition) is 2. The van der Waals surface area contributed by atoms with Crippen molar-refractivity contribution in [2.75, 3.05) is 0 Å². The van der Waals surface area contributed by atoms with Crippen molar-refractivity contribution in [1.82, 2.24) is 0 Å². The van der Waals surface area contributed by atoms with Gasteiger partial charge in [-0.15, -0.1) is 0 Å². The lowest BCUT2D eigenvalue weighted by Gasteiger charge is -2.61. The van der Waals surface area contributed by atoms with Gasteiger partial charge >= 0.3 is 0 Å². The molecule has 3 N–H and O–H groups in total. The summed E-state index contributed by atoms with van der Waals surface area (Å²) in [4.78, 5) is 0. The molecule has 0 amide bonds. The van der Waals surface area contributed by atoms with Crippen LogP contribution in [0.2, 0.25) is 0 Å². The van der Waals surface area contributed by atoms with Crippen molar-refractivity contribution in [1.29, 1.82) is 0 Å². The second-order valence-electron chi connectivity index (χ2n) is 9.91. The van der Waals surface area contributed by atoms with Gasteiger partial charge in [-0.1, -0.05) is 13.8 Å². The molecule has 4 saturated carbocycles. The molecule has 0 bridgehead atoms. The summed E-state index contributed by atoms with van der Waals surface area (Å²) in [6.07, 6.45) is 10.7. The molecule has 0 heterocycles. The fourth-order valence-corrected chi connectivity index (χ4v) is 7.40. The van der Waals surface area contributed by atoms with Gasteiger partial charge < -0.3 is 10.3 Å². The van der Waals surface area contributed by atoms with Crippen molar-refractivity contribution in [3.63, 3.8) is 0 Å². The average Bonchev–Trinajstić information content (AvgIpc) is 2.84. The van der Waals surface area contributed by atoms with E-state index in [1.807, 2.05) is 6.92 Å². The van der Waals surface area contributed by atoms with Crippen LogP contribution in [-0.4, -0.2) is 21.6 Å². The van der Waals surface area contributed by atoms with Crippen molar-refractivity contribution >= 4 is 5.71 Å². The lowest BCUT2D eigenvalue weighted by Crippen LogP contribution is -2.55. The van der Waals surface area contributed by atoms with Gasteiger partial charge in [0, 0.05) is 10.6 Å². The second-order valence-corrected chi connectivity index (χ2v) is 9.91. The first-order valence-electron chi connectivity index (χ1n) is 9.76. The molecule has 0 aromatic rings. The first-order chi connectivity index (χ1) is 10.8. The maximum Gasteiger partial charge on any atom is 0.113 e. The van der Waals surface area contributed by atoms with Crippen LogP contribution in [0.1, 0.15) is 78.6 Å². The summed E-state index contributed by atoms with van der Waals surface area (Å²) in [7, 11) is 0. The van der Waals surface area contributed by atoms with Crippen molar-refractivity contribution in [3.8, 4) is 0 Å². The quantitative estimate of drug-likeness (QED) is 0.535. The maximum atomic E-state index is 10.5. The van der Waals surface area contributed by atoms with E-state index in [1.54, 1.807) is 0 Å². The van der Waals surface area contributed by atoms with Crippen LogP contribution >= 0.6 is 0 Å². The van der Waals surface area contributed by atoms with Crippen LogP contribution < -0.4 is 0 Å². The number of aliphatic hydroxyl groups is 1. The van der Waals surface area contributed by atoms with Gasteiger partial charge in [0.1, 0.15) is 5.71 Å². The van der Waals surface area contributed by atoms with Gasteiger partial charge in [-0.05, 0) is 93.8 Å². The van der Waals surface area contributed by atoms with E-state index in [4.69, 9.17) is 5.21 Å². The van der Waals surface area contributed by atoms with Gasteiger partial charge in [-0.3, -0.25) is 0 Å². The van der Waals surface area contributed by atoms with E-state index >= 15 is 0 Å². The highest BCUT2D eigenvalue weighted by atomic mass is 16.4. The van der Waals surface area contributed by atoms with Crippen LogP contribution in [0.25, 0.3) is 0 Å². The van der Waals surface area contributed by atoms with Gasteiger partial charge in [-0.25, -0.2) is 0 Å². The molecule has 4 aliphatic carbocycles. The van der Waals surface area contributed by atoms with Crippen molar-refractivity contribution in [2.24, 2.45) is 39.7 Å². The summed E-state index contributed by atoms with van der Waals surface area (Å²) in [5, 5.41) is 22.0. The average molecular weight is 320 g/mol. The monoisotopic (exact) mass is 320 g/mol. The number of fused-ring (bicyclic) bond motifs is 5. The summed E-state index contributed by atoms with van der Waals surface area (Å²) in [5.74, 6) is 3.13. The molecule has 7 atom stereocenters. The molecule has 0 spiro atoms. The smallest absolute Gasteiger partial charge is 0.113 e. The molecule has 4 fully saturated rings. The Morgan fingerprint density at radius 1 is 1.00 bits per heavy atom. The molecule has 130 valence electrons. The van der Waals surface area contributed by atoms with Crippen LogP contribution in [0, 0.1) is 34.5 Å². The summed E-state index contributed by atoms with van der Waals surface area (Å²) >= 11 is 0. The van der Waals surface area contributed by atoms with Crippen LogP contribution in [0.5, 0.6) is 0 Å². The summed E-state index contributed by atoms with van der Waals surface area (Å²) in [5.41, 5.74) is 1.40. The largest absolute Gasteiger partial charge is 0.469 e. The van der Waals surface area contributed by atoms with Crippen LogP contribution in [-0.2, 0) is 0 Å². The lowest BCUT2D eigenvalue weighted by molar-refractivity contribution is -0.137. The molecular weight excluding hydrogens is 286 g/mol. The van der Waals surface area contributed by atoms with Crippen molar-refractivity contribution < 1.29 is 10.3 Å². The van der Waals surface area contributed by atoms with E-state index in [0.717, 1.165) is 37.0 Å². The highest BCUT2D eigenvalue weighted by Crippen LogP contribution is 2.66. The van der Waals surface area contributed by atoms with Gasteiger partial charge in [0.2, 0.25) is 0 Å². The third kappa shape index (κ3) is 2.14. The number of nitrogens with zero attached hydrogens (tertiary/aromatic N) is 1. The number of hydrogen-bond donors (Lipinski definition) is 1. The Morgan fingerprint density at radius 3 is 2.52 bits per heavy atom. The third-order valence-electron chi connectivity index (χ3n) is 8.83. The minimum absolute atomic E-state index is 0.215. The highest BCUT2D eigenvalue weighted by Gasteiger charge is 2.60. The van der Waals surface area contributed by atoms with Crippen molar-refractivity contribution in [3.05, 3.63) is 0 Å². The third-order valence-corrected chi connectivity index (χ3v) is 8.83. The minimum Gasteiger partial charge on any atom is -0.469 e. The molecule has 23 heavy (non-hydrogen) atoms. The Labute approximate surface area is 140 Å². The van der Waals surface area contributed by atoms with Gasteiger partial charge in [-0.2, -0.15) is 0 Å². The van der Waals surface area contributed by atoms with E-state index < -0.39 is 5.60 Å². The summed E-state index contributed by atoms with van der Waals surface area (Å²) in [6, 6.07) is 0. The Morgan fingerprint density at radius 2 is 1.78 bits per heavy atom. The Kier molecular flexibility index (Phi) is 3.44. The molecular formula is C20H34NO2+. The van der Waals surface area contributed by atoms with Crippen LogP contribution in [0.4, 0.5) is 0 Å². The normalized spacial score (nSPS) is 57.7. The Hall–Kier alpha value is -0.570. The molecule has 0 aromatic carbocycles. The molecule has 4 aliphatic rings. The second kappa shape index (κ2) is 4.97. The van der Waals surface area contributed by atoms with E-state index in [1.165, 1.54) is 44.2 Å². The zero-order chi connectivity index (χ0) is 16.5. The standard InChI is InChI=1S/C20H33NO2/c1-18(22)10-11-19(2)13(12-18)4-5-14-15-6-7-17(21-23)20(15,3)9-8-16(14)19/h13-16,22-23H,4-12H2,1-3H3/p+1/b21-17+/t13?,14?,15?,16?,18-,19-,20-/m0/s1. The molecule has 3 nitrogen and oxygen atoms in total. The predicted octanol–water partition coefficient (Wildman–Crippen LogP) is 3.86. The molecule has 0 saturated heterocycles. The van der Waals surface area contributed by atoms with E-state index in [0.29, 0.717) is 11.3 Å². The molecule has 0 radical (unpaired) electrons. The van der Waals surface area contributed by atoms with Gasteiger partial charge in [0.05, 0.1) is 5.60 Å². The predicted molar refractivity (Wildman–Crippen MR) is 93.4 cm³/mol. The zero-order valence-corrected chi connectivity index (χ0v) is 15.1. The SMILES string of the molecule is C[C@]1(O)CC[C@@]2(C)C(CCC3C2CC[C@]2(C)/C(=N/[OH2+])CCC32)C1. The zero-order valence-electron chi connectivity index (χ0n) is 15.1. The fraction of sp³-hybridized carbons (Fsp3) is 0.950. The van der Waals surface area contributed by atoms with E-state index in [2.05, 4.69) is 19.0 Å². The molecule has 4 unspecified atom stereocenters. The molecule has 4 rings (SSSR count). The molecule has 0 aromatic heterocycles. The maximum absolute atomic E-state index is 10.5. The summed E-state index contributed by atoms with van der Waals surface area (Å²) in [6.45, 7) is 6.99. The molecule has 3 heteroatoms. The molecule has 0 aliphatic heterocycles. The first-order valence-corrected chi connectivity index (χ1v) is 9.76. The fourth-order valence-electron chi connectivity index (χ4n) is 7.40. The summed E-state index contributed by atoms with van der Waals surface area (Å²) < 4.78 is 0. The Bertz CT molecular complexity index is 528.